The molecule has 1 radical (unpaired) electrons. The van der Waals surface area contributed by atoms with Crippen molar-refractivity contribution in [3.8, 4) is 11.5 Å². The fraction of sp³-hybridized carbons (Fsp3) is 0.571. The number of hydrogen-bond donors (Lipinski definition) is 1. The van der Waals surface area contributed by atoms with Crippen LogP contribution in [0.4, 0.5) is 0 Å². The number of ether oxygens (including phenoxy) is 1. The molecule has 0 heterocycles. The number of hydrogen-bond acceptors (Lipinski definition) is 2. The summed E-state index contributed by atoms with van der Waals surface area (Å²) in [5, 5.41) is 9.82. The van der Waals surface area contributed by atoms with E-state index in [2.05, 4.69) is 20.8 Å². The second-order valence-corrected chi connectivity index (χ2v) is 5.40. The molecule has 1 unspecified atom stereocenters. The number of nitrogens with one attached hydrogen (secondary N) is 1. The van der Waals surface area contributed by atoms with E-state index in [0.29, 0.717) is 18.7 Å². The summed E-state index contributed by atoms with van der Waals surface area (Å²) in [7, 11) is 0. The van der Waals surface area contributed by atoms with E-state index in [9.17, 15) is 5.11 Å². The summed E-state index contributed by atoms with van der Waals surface area (Å²) in [5.41, 5.74) is 7.93. The maximum absolute atomic E-state index is 9.82. The minimum absolute atomic E-state index is 0.0323. The Balaban J connectivity index is 2.89. The van der Waals surface area contributed by atoms with Gasteiger partial charge in [0.25, 0.3) is 0 Å². The molecule has 1 aromatic carbocycles. The molecule has 0 bridgehead atoms. The van der Waals surface area contributed by atoms with E-state index in [-0.39, 0.29) is 11.5 Å². The van der Waals surface area contributed by atoms with Gasteiger partial charge in [0.1, 0.15) is 11.5 Å². The third-order valence-corrected chi connectivity index (χ3v) is 2.66. The maximum atomic E-state index is 9.82. The quantitative estimate of drug-likeness (QED) is 0.873. The summed E-state index contributed by atoms with van der Waals surface area (Å²) in [6.45, 7) is 8.49. The Morgan fingerprint density at radius 3 is 2.53 bits per heavy atom. The standard InChI is InChI=1S/C14H22NO2/c1-10(7-8-15)17-11-5-6-13(16)12(9-11)14(2,3)4/h5-6,9-10,15-16H,7-8H2,1-4H3. The van der Waals surface area contributed by atoms with E-state index in [0.717, 1.165) is 11.3 Å². The van der Waals surface area contributed by atoms with Crippen LogP contribution in [0.2, 0.25) is 0 Å². The first kappa shape index (κ1) is 13.8. The van der Waals surface area contributed by atoms with Gasteiger partial charge in [0, 0.05) is 12.1 Å². The van der Waals surface area contributed by atoms with Gasteiger partial charge < -0.3 is 9.84 Å². The van der Waals surface area contributed by atoms with Crippen LogP contribution in [0.1, 0.15) is 39.7 Å². The van der Waals surface area contributed by atoms with Crippen LogP contribution in [0.15, 0.2) is 18.2 Å². The highest BCUT2D eigenvalue weighted by atomic mass is 16.5. The first-order chi connectivity index (χ1) is 7.84. The molecule has 0 spiro atoms. The van der Waals surface area contributed by atoms with Crippen molar-refractivity contribution in [2.45, 2.75) is 45.6 Å². The third-order valence-electron chi connectivity index (χ3n) is 2.66. The Morgan fingerprint density at radius 2 is 2.00 bits per heavy atom. The van der Waals surface area contributed by atoms with E-state index in [1.165, 1.54) is 0 Å². The Kier molecular flexibility index (Phi) is 4.40. The minimum atomic E-state index is -0.109. The SMILES string of the molecule is CC(CC[NH])Oc1ccc(O)c(C(C)(C)C)c1. The molecule has 0 saturated heterocycles. The van der Waals surface area contributed by atoms with Gasteiger partial charge in [-0.25, -0.2) is 0 Å². The van der Waals surface area contributed by atoms with Crippen molar-refractivity contribution in [1.82, 2.24) is 5.73 Å². The second-order valence-electron chi connectivity index (χ2n) is 5.40. The van der Waals surface area contributed by atoms with Gasteiger partial charge in [0.2, 0.25) is 0 Å². The average molecular weight is 236 g/mol. The molecule has 3 nitrogen and oxygen atoms in total. The van der Waals surface area contributed by atoms with Gasteiger partial charge in [-0.15, -0.1) is 0 Å². The number of rotatable bonds is 4. The maximum Gasteiger partial charge on any atom is 0.120 e. The lowest BCUT2D eigenvalue weighted by Gasteiger charge is -2.22. The Bertz CT molecular complexity index is 369. The first-order valence-corrected chi connectivity index (χ1v) is 5.99. The number of phenolic OH excluding ortho intramolecular Hbond substituents is 1. The highest BCUT2D eigenvalue weighted by Gasteiger charge is 2.19. The fourth-order valence-electron chi connectivity index (χ4n) is 1.68. The molecule has 0 aliphatic heterocycles. The molecule has 0 fully saturated rings. The van der Waals surface area contributed by atoms with Crippen molar-refractivity contribution < 1.29 is 9.84 Å². The zero-order valence-corrected chi connectivity index (χ0v) is 11.1. The van der Waals surface area contributed by atoms with Crippen molar-refractivity contribution in [1.29, 1.82) is 0 Å². The first-order valence-electron chi connectivity index (χ1n) is 5.99. The molecular weight excluding hydrogens is 214 g/mol. The summed E-state index contributed by atoms with van der Waals surface area (Å²) in [6, 6.07) is 5.32. The van der Waals surface area contributed by atoms with Crippen molar-refractivity contribution in [2.75, 3.05) is 6.54 Å². The number of aromatic hydroxyl groups is 1. The fourth-order valence-corrected chi connectivity index (χ4v) is 1.68. The highest BCUT2D eigenvalue weighted by Crippen LogP contribution is 2.33. The van der Waals surface area contributed by atoms with Gasteiger partial charge in [0.05, 0.1) is 6.10 Å². The van der Waals surface area contributed by atoms with Gasteiger partial charge >= 0.3 is 0 Å². The third kappa shape index (κ3) is 3.93. The van der Waals surface area contributed by atoms with E-state index < -0.39 is 0 Å². The monoisotopic (exact) mass is 236 g/mol. The molecular formula is C14H22NO2. The van der Waals surface area contributed by atoms with Crippen molar-refractivity contribution in [3.63, 3.8) is 0 Å². The molecule has 1 rings (SSSR count). The molecule has 1 atom stereocenters. The average Bonchev–Trinajstić information content (AvgIpc) is 2.19. The minimum Gasteiger partial charge on any atom is -0.508 e. The predicted octanol–water partition coefficient (Wildman–Crippen LogP) is 3.13. The molecule has 95 valence electrons. The molecule has 1 aromatic rings. The molecule has 3 heteroatoms. The molecule has 0 aromatic heterocycles. The lowest BCUT2D eigenvalue weighted by atomic mass is 9.86. The zero-order valence-electron chi connectivity index (χ0n) is 11.1. The van der Waals surface area contributed by atoms with Crippen LogP contribution in [0.5, 0.6) is 11.5 Å². The van der Waals surface area contributed by atoms with Crippen LogP contribution >= 0.6 is 0 Å². The van der Waals surface area contributed by atoms with Gasteiger partial charge in [0.15, 0.2) is 0 Å². The molecule has 0 amide bonds. The Hall–Kier alpha value is -1.22. The number of phenols is 1. The van der Waals surface area contributed by atoms with Gasteiger partial charge in [-0.1, -0.05) is 20.8 Å². The van der Waals surface area contributed by atoms with Gasteiger partial charge in [-0.05, 0) is 37.0 Å². The topological polar surface area (TPSA) is 53.3 Å². The van der Waals surface area contributed by atoms with Gasteiger partial charge in [-0.3, -0.25) is 5.73 Å². The second kappa shape index (κ2) is 5.41. The molecule has 0 aliphatic rings. The molecule has 0 aliphatic carbocycles. The summed E-state index contributed by atoms with van der Waals surface area (Å²) in [4.78, 5) is 0. The summed E-state index contributed by atoms with van der Waals surface area (Å²) >= 11 is 0. The number of benzene rings is 1. The summed E-state index contributed by atoms with van der Waals surface area (Å²) < 4.78 is 5.71. The Labute approximate surface area is 104 Å². The highest BCUT2D eigenvalue weighted by molar-refractivity contribution is 5.43. The molecule has 17 heavy (non-hydrogen) atoms. The van der Waals surface area contributed by atoms with Gasteiger partial charge in [-0.2, -0.15) is 0 Å². The van der Waals surface area contributed by atoms with Crippen molar-refractivity contribution in [2.24, 2.45) is 0 Å². The van der Waals surface area contributed by atoms with E-state index >= 15 is 0 Å². The van der Waals surface area contributed by atoms with Crippen LogP contribution in [0, 0.1) is 0 Å². The normalized spacial score (nSPS) is 13.5. The lowest BCUT2D eigenvalue weighted by Crippen LogP contribution is -2.15. The smallest absolute Gasteiger partial charge is 0.120 e. The van der Waals surface area contributed by atoms with Crippen LogP contribution in [0.25, 0.3) is 0 Å². The Morgan fingerprint density at radius 1 is 1.35 bits per heavy atom. The van der Waals surface area contributed by atoms with E-state index in [1.807, 2.05) is 13.0 Å². The largest absolute Gasteiger partial charge is 0.508 e. The van der Waals surface area contributed by atoms with E-state index in [4.69, 9.17) is 10.5 Å². The van der Waals surface area contributed by atoms with E-state index in [1.54, 1.807) is 12.1 Å². The molecule has 0 saturated carbocycles. The van der Waals surface area contributed by atoms with Crippen LogP contribution in [-0.2, 0) is 5.41 Å². The van der Waals surface area contributed by atoms with Crippen molar-refractivity contribution >= 4 is 0 Å². The predicted molar refractivity (Wildman–Crippen MR) is 69.5 cm³/mol. The van der Waals surface area contributed by atoms with Crippen LogP contribution in [-0.4, -0.2) is 17.8 Å². The van der Waals surface area contributed by atoms with Crippen molar-refractivity contribution in [3.05, 3.63) is 23.8 Å². The lowest BCUT2D eigenvalue weighted by molar-refractivity contribution is 0.212. The summed E-state index contributed by atoms with van der Waals surface area (Å²) in [6.07, 6.45) is 0.746. The van der Waals surface area contributed by atoms with Crippen LogP contribution in [0.3, 0.4) is 0 Å². The molecule has 2 N–H and O–H groups in total. The zero-order chi connectivity index (χ0) is 13.1. The van der Waals surface area contributed by atoms with Crippen LogP contribution < -0.4 is 10.5 Å². The summed E-state index contributed by atoms with van der Waals surface area (Å²) in [5.74, 6) is 1.06.